The molecule has 4 atom stereocenters. The maximum Gasteiger partial charge on any atom is 0.111 e. The van der Waals surface area contributed by atoms with Crippen LogP contribution >= 0.6 is 0 Å². The van der Waals surface area contributed by atoms with Crippen LogP contribution in [0.4, 0.5) is 0 Å². The zero-order chi connectivity index (χ0) is 22.6. The van der Waals surface area contributed by atoms with Crippen molar-refractivity contribution in [1.82, 2.24) is 0 Å². The number of ether oxygens (including phenoxy) is 3. The first-order valence-corrected chi connectivity index (χ1v) is 11.0. The normalized spacial score (nSPS) is 15.1. The Morgan fingerprint density at radius 3 is 1.62 bits per heavy atom. The Balaban J connectivity index is 1.58. The number of aliphatic hydroxyl groups is 1. The third-order valence-corrected chi connectivity index (χ3v) is 5.30. The van der Waals surface area contributed by atoms with E-state index >= 15 is 0 Å². The Morgan fingerprint density at radius 1 is 0.688 bits per heavy atom. The van der Waals surface area contributed by atoms with Crippen molar-refractivity contribution < 1.29 is 19.3 Å². The molecule has 0 aliphatic carbocycles. The molecule has 0 saturated carbocycles. The zero-order valence-electron chi connectivity index (χ0n) is 18.5. The summed E-state index contributed by atoms with van der Waals surface area (Å²) in [5, 5.41) is 11.0. The maximum atomic E-state index is 11.0. The smallest absolute Gasteiger partial charge is 0.111 e. The molecule has 0 spiro atoms. The largest absolute Gasteiger partial charge is 0.389 e. The lowest BCUT2D eigenvalue weighted by Gasteiger charge is -2.32. The third-order valence-electron chi connectivity index (χ3n) is 5.30. The topological polar surface area (TPSA) is 73.9 Å². The molecule has 170 valence electrons. The molecule has 3 rings (SSSR count). The van der Waals surface area contributed by atoms with Gasteiger partial charge < -0.3 is 25.1 Å². The van der Waals surface area contributed by atoms with Gasteiger partial charge in [0.05, 0.1) is 44.7 Å². The first kappa shape index (κ1) is 24.1. The Labute approximate surface area is 190 Å². The van der Waals surface area contributed by atoms with E-state index in [1.165, 1.54) is 0 Å². The average Bonchev–Trinajstić information content (AvgIpc) is 2.84. The van der Waals surface area contributed by atoms with Gasteiger partial charge in [0, 0.05) is 0 Å². The van der Waals surface area contributed by atoms with Crippen LogP contribution in [0, 0.1) is 0 Å². The van der Waals surface area contributed by atoms with Gasteiger partial charge in [-0.2, -0.15) is 0 Å². The minimum atomic E-state index is -0.944. The van der Waals surface area contributed by atoms with Crippen molar-refractivity contribution in [2.24, 2.45) is 5.73 Å². The molecule has 0 aromatic heterocycles. The monoisotopic (exact) mass is 435 g/mol. The molecular weight excluding hydrogens is 402 g/mol. The van der Waals surface area contributed by atoms with Crippen molar-refractivity contribution in [1.29, 1.82) is 0 Å². The second-order valence-corrected chi connectivity index (χ2v) is 7.92. The standard InChI is InChI=1S/C27H33NO4/c1-21(31-18-23-13-7-3-8-14-23)27(32-19-24-15-9-4-10-16-24)26(29)25(28)20-30-17-22-11-5-2-6-12-22/h2-16,21,25-27,29H,17-20,28H2,1H3. The predicted molar refractivity (Wildman–Crippen MR) is 126 cm³/mol. The van der Waals surface area contributed by atoms with Gasteiger partial charge >= 0.3 is 0 Å². The lowest BCUT2D eigenvalue weighted by atomic mass is 10.0. The molecule has 0 aliphatic heterocycles. The van der Waals surface area contributed by atoms with Crippen LogP contribution in [-0.2, 0) is 34.0 Å². The van der Waals surface area contributed by atoms with Gasteiger partial charge in [-0.3, -0.25) is 0 Å². The molecule has 0 heterocycles. The van der Waals surface area contributed by atoms with Crippen molar-refractivity contribution in [3.63, 3.8) is 0 Å². The highest BCUT2D eigenvalue weighted by molar-refractivity contribution is 5.15. The first-order chi connectivity index (χ1) is 15.6. The molecule has 0 bridgehead atoms. The number of hydrogen-bond donors (Lipinski definition) is 2. The summed E-state index contributed by atoms with van der Waals surface area (Å²) in [4.78, 5) is 0. The van der Waals surface area contributed by atoms with Crippen LogP contribution < -0.4 is 5.73 Å². The molecule has 0 amide bonds. The molecule has 32 heavy (non-hydrogen) atoms. The molecule has 0 saturated heterocycles. The Morgan fingerprint density at radius 2 is 1.12 bits per heavy atom. The molecular formula is C27H33NO4. The molecule has 3 aromatic carbocycles. The summed E-state index contributed by atoms with van der Waals surface area (Å²) < 4.78 is 17.9. The molecule has 4 unspecified atom stereocenters. The molecule has 5 heteroatoms. The van der Waals surface area contributed by atoms with Crippen molar-refractivity contribution in [2.75, 3.05) is 6.61 Å². The fourth-order valence-corrected chi connectivity index (χ4v) is 3.40. The number of aliphatic hydroxyl groups excluding tert-OH is 1. The highest BCUT2D eigenvalue weighted by atomic mass is 16.5. The minimum absolute atomic E-state index is 0.215. The van der Waals surface area contributed by atoms with Gasteiger partial charge in [-0.1, -0.05) is 91.0 Å². The summed E-state index contributed by atoms with van der Waals surface area (Å²) in [5.41, 5.74) is 9.43. The van der Waals surface area contributed by atoms with E-state index in [1.54, 1.807) is 0 Å². The SMILES string of the molecule is CC(OCc1ccccc1)C(OCc1ccccc1)C(O)C(N)COCc1ccccc1. The summed E-state index contributed by atoms with van der Waals surface area (Å²) >= 11 is 0. The highest BCUT2D eigenvalue weighted by Gasteiger charge is 2.31. The van der Waals surface area contributed by atoms with Crippen LogP contribution in [-0.4, -0.2) is 36.1 Å². The molecule has 0 aliphatic rings. The summed E-state index contributed by atoms with van der Waals surface area (Å²) in [5.74, 6) is 0. The summed E-state index contributed by atoms with van der Waals surface area (Å²) in [6.45, 7) is 3.35. The number of rotatable bonds is 13. The maximum absolute atomic E-state index is 11.0. The predicted octanol–water partition coefficient (Wildman–Crippen LogP) is 4.08. The molecule has 0 fully saturated rings. The van der Waals surface area contributed by atoms with Crippen molar-refractivity contribution in [3.8, 4) is 0 Å². The van der Waals surface area contributed by atoms with Gasteiger partial charge in [0.15, 0.2) is 0 Å². The van der Waals surface area contributed by atoms with Gasteiger partial charge in [0.2, 0.25) is 0 Å². The Hall–Kier alpha value is -2.54. The Kier molecular flexibility index (Phi) is 9.88. The van der Waals surface area contributed by atoms with E-state index in [0.29, 0.717) is 19.8 Å². The van der Waals surface area contributed by atoms with E-state index in [2.05, 4.69) is 0 Å². The number of hydrogen-bond acceptors (Lipinski definition) is 5. The highest BCUT2D eigenvalue weighted by Crippen LogP contribution is 2.17. The molecule has 3 aromatic rings. The van der Waals surface area contributed by atoms with Crippen LogP contribution in [0.5, 0.6) is 0 Å². The van der Waals surface area contributed by atoms with E-state index in [4.69, 9.17) is 19.9 Å². The first-order valence-electron chi connectivity index (χ1n) is 11.0. The van der Waals surface area contributed by atoms with Crippen LogP contribution in [0.25, 0.3) is 0 Å². The number of nitrogens with two attached hydrogens (primary N) is 1. The zero-order valence-corrected chi connectivity index (χ0v) is 18.5. The molecule has 0 radical (unpaired) electrons. The van der Waals surface area contributed by atoms with Gasteiger partial charge in [-0.25, -0.2) is 0 Å². The lowest BCUT2D eigenvalue weighted by molar-refractivity contribution is -0.135. The lowest BCUT2D eigenvalue weighted by Crippen LogP contribution is -2.51. The molecule has 5 nitrogen and oxygen atoms in total. The van der Waals surface area contributed by atoms with Gasteiger partial charge in [-0.05, 0) is 23.6 Å². The van der Waals surface area contributed by atoms with E-state index in [-0.39, 0.29) is 12.7 Å². The van der Waals surface area contributed by atoms with E-state index in [9.17, 15) is 5.11 Å². The fraction of sp³-hybridized carbons (Fsp3) is 0.333. The van der Waals surface area contributed by atoms with Gasteiger partial charge in [-0.15, -0.1) is 0 Å². The third kappa shape index (κ3) is 7.86. The fourth-order valence-electron chi connectivity index (χ4n) is 3.40. The van der Waals surface area contributed by atoms with Crippen LogP contribution in [0.15, 0.2) is 91.0 Å². The average molecular weight is 436 g/mol. The van der Waals surface area contributed by atoms with E-state index in [0.717, 1.165) is 16.7 Å². The van der Waals surface area contributed by atoms with Crippen LogP contribution in [0.1, 0.15) is 23.6 Å². The number of benzene rings is 3. The van der Waals surface area contributed by atoms with E-state index < -0.39 is 18.2 Å². The van der Waals surface area contributed by atoms with Gasteiger partial charge in [0.25, 0.3) is 0 Å². The Bertz CT molecular complexity index is 876. The van der Waals surface area contributed by atoms with Crippen molar-refractivity contribution >= 4 is 0 Å². The van der Waals surface area contributed by atoms with E-state index in [1.807, 2.05) is 97.9 Å². The quantitative estimate of drug-likeness (QED) is 0.423. The van der Waals surface area contributed by atoms with Crippen LogP contribution in [0.2, 0.25) is 0 Å². The van der Waals surface area contributed by atoms with Crippen molar-refractivity contribution in [3.05, 3.63) is 108 Å². The second-order valence-electron chi connectivity index (χ2n) is 7.92. The van der Waals surface area contributed by atoms with Crippen molar-refractivity contribution in [2.45, 2.75) is 51.1 Å². The summed E-state index contributed by atoms with van der Waals surface area (Å²) in [6, 6.07) is 29.1. The summed E-state index contributed by atoms with van der Waals surface area (Å²) in [7, 11) is 0. The summed E-state index contributed by atoms with van der Waals surface area (Å²) in [6.07, 6.45) is -1.91. The minimum Gasteiger partial charge on any atom is -0.389 e. The van der Waals surface area contributed by atoms with Crippen LogP contribution in [0.3, 0.4) is 0 Å². The second kappa shape index (κ2) is 13.1. The van der Waals surface area contributed by atoms with Gasteiger partial charge in [0.1, 0.15) is 6.10 Å². The molecule has 3 N–H and O–H groups in total.